The van der Waals surface area contributed by atoms with Gasteiger partial charge < -0.3 is 16.2 Å². The topological polar surface area (TPSA) is 130 Å². The van der Waals surface area contributed by atoms with E-state index < -0.39 is 26.7 Å². The number of carbonyl (C=O) groups excluding carboxylic acids is 1. The Morgan fingerprint density at radius 1 is 1.08 bits per heavy atom. The third-order valence-corrected chi connectivity index (χ3v) is 4.86. The summed E-state index contributed by atoms with van der Waals surface area (Å²) in [6, 6.07) is 12.2. The third-order valence-electron chi connectivity index (χ3n) is 3.98. The predicted octanol–water partition coefficient (Wildman–Crippen LogP) is 2.94. The van der Waals surface area contributed by atoms with E-state index in [9.17, 15) is 22.9 Å². The van der Waals surface area contributed by atoms with Crippen molar-refractivity contribution in [2.24, 2.45) is 0 Å². The van der Waals surface area contributed by atoms with Gasteiger partial charge in [-0.15, -0.1) is 0 Å². The molecule has 3 rings (SSSR count). The van der Waals surface area contributed by atoms with Crippen LogP contribution in [-0.4, -0.2) is 24.0 Å². The summed E-state index contributed by atoms with van der Waals surface area (Å²) in [6.07, 6.45) is 0. The number of aryl methyl sites for hydroxylation is 1. The summed E-state index contributed by atoms with van der Waals surface area (Å²) in [7, 11) is -4.57. The standard InChI is InChI=1S/C18H16N2O5S/c1-10-5-7-14(19)13(9-10)18(22)20-15-4-2-3-12-11(15)6-8-16(17(12)21)26(23,24)25/h2-9,21H,19H2,1H3,(H,20,22)(H,23,24,25). The van der Waals surface area contributed by atoms with Crippen LogP contribution in [0.15, 0.2) is 53.4 Å². The molecule has 8 heteroatoms. The molecule has 0 aliphatic heterocycles. The van der Waals surface area contributed by atoms with E-state index in [1.807, 2.05) is 6.92 Å². The van der Waals surface area contributed by atoms with Crippen molar-refractivity contribution in [2.45, 2.75) is 11.8 Å². The van der Waals surface area contributed by atoms with Crippen molar-refractivity contribution in [2.75, 3.05) is 11.1 Å². The van der Waals surface area contributed by atoms with Gasteiger partial charge in [-0.3, -0.25) is 9.35 Å². The molecule has 3 aromatic rings. The summed E-state index contributed by atoms with van der Waals surface area (Å²) >= 11 is 0. The van der Waals surface area contributed by atoms with Crippen LogP contribution in [0.5, 0.6) is 5.75 Å². The third kappa shape index (κ3) is 3.19. The van der Waals surface area contributed by atoms with Crippen LogP contribution in [0.1, 0.15) is 15.9 Å². The first kappa shape index (κ1) is 17.7. The van der Waals surface area contributed by atoms with E-state index in [2.05, 4.69) is 5.32 Å². The molecule has 0 aliphatic rings. The largest absolute Gasteiger partial charge is 0.506 e. The average Bonchev–Trinajstić information content (AvgIpc) is 2.56. The number of hydrogen-bond donors (Lipinski definition) is 4. The smallest absolute Gasteiger partial charge is 0.298 e. The lowest BCUT2D eigenvalue weighted by Crippen LogP contribution is -2.14. The van der Waals surface area contributed by atoms with Crippen LogP contribution < -0.4 is 11.1 Å². The lowest BCUT2D eigenvalue weighted by Gasteiger charge is -2.12. The minimum absolute atomic E-state index is 0.176. The van der Waals surface area contributed by atoms with Gasteiger partial charge in [-0.2, -0.15) is 8.42 Å². The Hall–Kier alpha value is -3.10. The maximum atomic E-state index is 12.6. The second kappa shape index (κ2) is 6.32. The van der Waals surface area contributed by atoms with Gasteiger partial charge in [0.15, 0.2) is 0 Å². The fraction of sp³-hybridized carbons (Fsp3) is 0.0556. The van der Waals surface area contributed by atoms with Gasteiger partial charge >= 0.3 is 0 Å². The number of nitrogens with one attached hydrogen (secondary N) is 1. The van der Waals surface area contributed by atoms with Crippen LogP contribution in [0.2, 0.25) is 0 Å². The molecular weight excluding hydrogens is 356 g/mol. The van der Waals surface area contributed by atoms with Gasteiger partial charge in [-0.05, 0) is 31.2 Å². The molecule has 0 saturated heterocycles. The second-order valence-electron chi connectivity index (χ2n) is 5.83. The Balaban J connectivity index is 2.08. The monoisotopic (exact) mass is 372 g/mol. The van der Waals surface area contributed by atoms with E-state index in [0.29, 0.717) is 22.3 Å². The zero-order valence-electron chi connectivity index (χ0n) is 13.7. The van der Waals surface area contributed by atoms with E-state index in [4.69, 9.17) is 5.73 Å². The minimum Gasteiger partial charge on any atom is -0.506 e. The zero-order chi connectivity index (χ0) is 19.1. The van der Waals surface area contributed by atoms with Gasteiger partial charge in [0.2, 0.25) is 0 Å². The molecule has 7 nitrogen and oxygen atoms in total. The number of benzene rings is 3. The number of nitrogens with two attached hydrogens (primary N) is 1. The molecule has 26 heavy (non-hydrogen) atoms. The van der Waals surface area contributed by atoms with Gasteiger partial charge in [0.25, 0.3) is 16.0 Å². The molecule has 0 aliphatic carbocycles. The SMILES string of the molecule is Cc1ccc(N)c(C(=O)Nc2cccc3c(O)c(S(=O)(=O)O)ccc23)c1. The number of nitrogen functional groups attached to an aromatic ring is 1. The molecule has 1 amide bonds. The minimum atomic E-state index is -4.57. The molecule has 0 atom stereocenters. The van der Waals surface area contributed by atoms with E-state index in [1.54, 1.807) is 30.3 Å². The van der Waals surface area contributed by atoms with Gasteiger partial charge in [0.1, 0.15) is 10.6 Å². The molecule has 0 saturated carbocycles. The van der Waals surface area contributed by atoms with Crippen molar-refractivity contribution >= 4 is 38.2 Å². The molecule has 0 bridgehead atoms. The van der Waals surface area contributed by atoms with Crippen LogP contribution in [0.3, 0.4) is 0 Å². The number of phenols is 1. The highest BCUT2D eigenvalue weighted by atomic mass is 32.2. The number of carbonyl (C=O) groups is 1. The number of amides is 1. The summed E-state index contributed by atoms with van der Waals surface area (Å²) in [5.74, 6) is -1.02. The maximum Gasteiger partial charge on any atom is 0.298 e. The number of aromatic hydroxyl groups is 1. The van der Waals surface area contributed by atoms with Crippen LogP contribution in [0.4, 0.5) is 11.4 Å². The van der Waals surface area contributed by atoms with Crippen molar-refractivity contribution in [3.8, 4) is 5.75 Å². The van der Waals surface area contributed by atoms with Gasteiger partial charge in [0.05, 0.1) is 5.56 Å². The van der Waals surface area contributed by atoms with E-state index in [0.717, 1.165) is 11.6 Å². The zero-order valence-corrected chi connectivity index (χ0v) is 14.5. The number of phenolic OH excluding ortho intramolecular Hbond substituents is 1. The second-order valence-corrected chi connectivity index (χ2v) is 7.22. The first-order chi connectivity index (χ1) is 12.2. The molecule has 0 heterocycles. The number of rotatable bonds is 3. The van der Waals surface area contributed by atoms with E-state index >= 15 is 0 Å². The first-order valence-electron chi connectivity index (χ1n) is 7.58. The fourth-order valence-corrected chi connectivity index (χ4v) is 3.29. The van der Waals surface area contributed by atoms with Gasteiger partial charge in [-0.25, -0.2) is 0 Å². The maximum absolute atomic E-state index is 12.6. The van der Waals surface area contributed by atoms with Crippen LogP contribution >= 0.6 is 0 Å². The van der Waals surface area contributed by atoms with Crippen molar-refractivity contribution in [1.29, 1.82) is 0 Å². The molecular formula is C18H16N2O5S. The van der Waals surface area contributed by atoms with Crippen molar-refractivity contribution < 1.29 is 22.9 Å². The summed E-state index contributed by atoms with van der Waals surface area (Å²) in [5.41, 5.74) is 7.72. The van der Waals surface area contributed by atoms with E-state index in [-0.39, 0.29) is 5.39 Å². The van der Waals surface area contributed by atoms with Crippen LogP contribution in [-0.2, 0) is 10.1 Å². The highest BCUT2D eigenvalue weighted by Gasteiger charge is 2.19. The highest BCUT2D eigenvalue weighted by Crippen LogP contribution is 2.35. The predicted molar refractivity (Wildman–Crippen MR) is 99.0 cm³/mol. The van der Waals surface area contributed by atoms with Crippen LogP contribution in [0.25, 0.3) is 10.8 Å². The Morgan fingerprint density at radius 3 is 2.50 bits per heavy atom. The summed E-state index contributed by atoms with van der Waals surface area (Å²) in [6.45, 7) is 1.84. The molecule has 0 unspecified atom stereocenters. The lowest BCUT2D eigenvalue weighted by molar-refractivity contribution is 0.102. The Bertz CT molecular complexity index is 1140. The quantitative estimate of drug-likeness (QED) is 0.413. The lowest BCUT2D eigenvalue weighted by atomic mass is 10.1. The summed E-state index contributed by atoms with van der Waals surface area (Å²) in [4.78, 5) is 12.0. The molecule has 134 valence electrons. The van der Waals surface area contributed by atoms with E-state index in [1.165, 1.54) is 12.1 Å². The van der Waals surface area contributed by atoms with Crippen molar-refractivity contribution in [3.05, 3.63) is 59.7 Å². The van der Waals surface area contributed by atoms with Gasteiger partial charge in [0, 0.05) is 22.1 Å². The number of anilines is 2. The first-order valence-corrected chi connectivity index (χ1v) is 9.02. The molecule has 3 aromatic carbocycles. The molecule has 5 N–H and O–H groups in total. The summed E-state index contributed by atoms with van der Waals surface area (Å²) < 4.78 is 31.8. The van der Waals surface area contributed by atoms with Crippen molar-refractivity contribution in [3.63, 3.8) is 0 Å². The number of hydrogen-bond acceptors (Lipinski definition) is 5. The normalized spacial score (nSPS) is 11.5. The highest BCUT2D eigenvalue weighted by molar-refractivity contribution is 7.86. The number of fused-ring (bicyclic) bond motifs is 1. The Morgan fingerprint density at radius 2 is 1.81 bits per heavy atom. The Labute approximate surface area is 149 Å². The summed E-state index contributed by atoms with van der Waals surface area (Å²) in [5, 5.41) is 13.5. The van der Waals surface area contributed by atoms with Crippen molar-refractivity contribution in [1.82, 2.24) is 0 Å². The molecule has 0 radical (unpaired) electrons. The van der Waals surface area contributed by atoms with Gasteiger partial charge in [-0.1, -0.05) is 29.8 Å². The average molecular weight is 372 g/mol. The molecule has 0 fully saturated rings. The molecule has 0 spiro atoms. The fourth-order valence-electron chi connectivity index (χ4n) is 2.70. The Kier molecular flexibility index (Phi) is 4.31. The molecule has 0 aromatic heterocycles. The van der Waals surface area contributed by atoms with Crippen LogP contribution in [0, 0.1) is 6.92 Å².